The summed E-state index contributed by atoms with van der Waals surface area (Å²) in [5.41, 5.74) is 2.14. The van der Waals surface area contributed by atoms with Crippen molar-refractivity contribution in [2.24, 2.45) is 0 Å². The van der Waals surface area contributed by atoms with E-state index in [1.807, 2.05) is 37.4 Å². The molecule has 0 radical (unpaired) electrons. The van der Waals surface area contributed by atoms with Gasteiger partial charge in [-0.2, -0.15) is 0 Å². The van der Waals surface area contributed by atoms with Crippen LogP contribution in [0.4, 0.5) is 5.69 Å². The lowest BCUT2D eigenvalue weighted by molar-refractivity contribution is -0.115. The molecule has 3 aromatic carbocycles. The highest BCUT2D eigenvalue weighted by atomic mass is 32.2. The van der Waals surface area contributed by atoms with Crippen molar-refractivity contribution in [3.8, 4) is 0 Å². The number of benzene rings is 3. The van der Waals surface area contributed by atoms with E-state index in [-0.39, 0.29) is 5.91 Å². The third kappa shape index (κ3) is 3.57. The lowest BCUT2D eigenvalue weighted by Crippen LogP contribution is -2.27. The van der Waals surface area contributed by atoms with E-state index in [0.717, 1.165) is 16.0 Å². The second kappa shape index (κ2) is 6.88. The Bertz CT molecular complexity index is 844. The van der Waals surface area contributed by atoms with Crippen LogP contribution >= 0.6 is 11.8 Å². The predicted molar refractivity (Wildman–Crippen MR) is 99.3 cm³/mol. The van der Waals surface area contributed by atoms with E-state index >= 15 is 0 Å². The van der Waals surface area contributed by atoms with Gasteiger partial charge in [0.2, 0.25) is 5.91 Å². The Morgan fingerprint density at radius 2 is 1.65 bits per heavy atom. The Hall–Kier alpha value is -2.26. The third-order valence-corrected chi connectivity index (χ3v) is 5.10. The van der Waals surface area contributed by atoms with Crippen molar-refractivity contribution < 1.29 is 4.79 Å². The molecule has 3 heteroatoms. The smallest absolute Gasteiger partial charge is 0.237 e. The molecule has 3 aromatic rings. The van der Waals surface area contributed by atoms with Crippen molar-refractivity contribution in [1.82, 2.24) is 0 Å². The summed E-state index contributed by atoms with van der Waals surface area (Å²) < 4.78 is 0. The van der Waals surface area contributed by atoms with Crippen LogP contribution in [0, 0.1) is 6.92 Å². The molecule has 0 saturated heterocycles. The number of carbonyl (C=O) groups excluding carboxylic acids is 1. The molecule has 0 N–H and O–H groups in total. The molecule has 0 aliphatic rings. The molecule has 0 aliphatic carbocycles. The Balaban J connectivity index is 1.72. The minimum absolute atomic E-state index is 0.105. The highest BCUT2D eigenvalue weighted by molar-refractivity contribution is 8.00. The molecule has 0 heterocycles. The standard InChI is InChI=1S/C20H19NOS/c1-15-7-3-6-10-19(15)23-14-20(22)21(2)18-12-11-16-8-4-5-9-17(16)13-18/h3-13H,14H2,1-2H3. The van der Waals surface area contributed by atoms with Crippen molar-refractivity contribution >= 4 is 34.1 Å². The number of hydrogen-bond donors (Lipinski definition) is 0. The summed E-state index contributed by atoms with van der Waals surface area (Å²) in [6.07, 6.45) is 0. The van der Waals surface area contributed by atoms with Crippen LogP contribution in [0.3, 0.4) is 0 Å². The quantitative estimate of drug-likeness (QED) is 0.637. The van der Waals surface area contributed by atoms with Crippen molar-refractivity contribution in [2.75, 3.05) is 17.7 Å². The Morgan fingerprint density at radius 3 is 2.43 bits per heavy atom. The SMILES string of the molecule is Cc1ccccc1SCC(=O)N(C)c1ccc2ccccc2c1. The first kappa shape index (κ1) is 15.6. The molecule has 23 heavy (non-hydrogen) atoms. The van der Waals surface area contributed by atoms with Crippen LogP contribution in [0.15, 0.2) is 71.6 Å². The lowest BCUT2D eigenvalue weighted by Gasteiger charge is -2.18. The summed E-state index contributed by atoms with van der Waals surface area (Å²) in [6.45, 7) is 2.07. The minimum atomic E-state index is 0.105. The maximum atomic E-state index is 12.5. The van der Waals surface area contributed by atoms with Gasteiger partial charge in [-0.3, -0.25) is 4.79 Å². The zero-order chi connectivity index (χ0) is 16.2. The molecule has 0 spiro atoms. The molecule has 3 rings (SSSR count). The highest BCUT2D eigenvalue weighted by Gasteiger charge is 2.12. The maximum absolute atomic E-state index is 12.5. The van der Waals surface area contributed by atoms with Crippen LogP contribution in [-0.2, 0) is 4.79 Å². The number of amides is 1. The van der Waals surface area contributed by atoms with Gasteiger partial charge in [-0.1, -0.05) is 48.5 Å². The van der Waals surface area contributed by atoms with Crippen molar-refractivity contribution in [3.63, 3.8) is 0 Å². The number of rotatable bonds is 4. The first-order valence-electron chi connectivity index (χ1n) is 7.59. The van der Waals surface area contributed by atoms with E-state index in [9.17, 15) is 4.79 Å². The molecule has 116 valence electrons. The van der Waals surface area contributed by atoms with Gasteiger partial charge >= 0.3 is 0 Å². The molecule has 0 fully saturated rings. The van der Waals surface area contributed by atoms with Crippen LogP contribution in [0.25, 0.3) is 10.8 Å². The molecular weight excluding hydrogens is 302 g/mol. The number of thioether (sulfide) groups is 1. The molecule has 0 aromatic heterocycles. The van der Waals surface area contributed by atoms with E-state index in [2.05, 4.69) is 43.3 Å². The summed E-state index contributed by atoms with van der Waals surface area (Å²) in [7, 11) is 1.84. The average Bonchev–Trinajstić information content (AvgIpc) is 2.59. The van der Waals surface area contributed by atoms with Crippen molar-refractivity contribution in [2.45, 2.75) is 11.8 Å². The Labute approximate surface area is 141 Å². The van der Waals surface area contributed by atoms with Gasteiger partial charge in [0.05, 0.1) is 5.75 Å². The number of fused-ring (bicyclic) bond motifs is 1. The first-order chi connectivity index (χ1) is 11.1. The molecule has 0 aliphatic heterocycles. The van der Waals surface area contributed by atoms with Crippen molar-refractivity contribution in [1.29, 1.82) is 0 Å². The summed E-state index contributed by atoms with van der Waals surface area (Å²) >= 11 is 1.59. The number of anilines is 1. The largest absolute Gasteiger partial charge is 0.315 e. The number of nitrogens with zero attached hydrogens (tertiary/aromatic N) is 1. The summed E-state index contributed by atoms with van der Waals surface area (Å²) in [6, 6.07) is 22.5. The molecule has 0 bridgehead atoms. The number of hydrogen-bond acceptors (Lipinski definition) is 2. The number of carbonyl (C=O) groups is 1. The zero-order valence-corrected chi connectivity index (χ0v) is 14.1. The van der Waals surface area contributed by atoms with Gasteiger partial charge in [0, 0.05) is 17.6 Å². The van der Waals surface area contributed by atoms with Crippen LogP contribution in [0.2, 0.25) is 0 Å². The van der Waals surface area contributed by atoms with E-state index < -0.39 is 0 Å². The van der Waals surface area contributed by atoms with Gasteiger partial charge < -0.3 is 4.90 Å². The van der Waals surface area contributed by atoms with E-state index in [1.54, 1.807) is 16.7 Å². The highest BCUT2D eigenvalue weighted by Crippen LogP contribution is 2.25. The molecule has 0 atom stereocenters. The van der Waals surface area contributed by atoms with Gasteiger partial charge in [-0.15, -0.1) is 11.8 Å². The summed E-state index contributed by atoms with van der Waals surface area (Å²) in [5, 5.41) is 2.34. The Morgan fingerprint density at radius 1 is 0.957 bits per heavy atom. The number of aryl methyl sites for hydroxylation is 1. The van der Waals surface area contributed by atoms with E-state index in [4.69, 9.17) is 0 Å². The minimum Gasteiger partial charge on any atom is -0.315 e. The molecule has 2 nitrogen and oxygen atoms in total. The van der Waals surface area contributed by atoms with E-state index in [1.165, 1.54) is 10.9 Å². The molecule has 1 amide bonds. The molecular formula is C20H19NOS. The fourth-order valence-corrected chi connectivity index (χ4v) is 3.43. The van der Waals surface area contributed by atoms with Gasteiger partial charge in [0.15, 0.2) is 0 Å². The summed E-state index contributed by atoms with van der Waals surface area (Å²) in [4.78, 5) is 15.4. The van der Waals surface area contributed by atoms with Crippen LogP contribution < -0.4 is 4.90 Å². The second-order valence-electron chi connectivity index (χ2n) is 5.54. The molecule has 0 saturated carbocycles. The molecule has 0 unspecified atom stereocenters. The Kier molecular flexibility index (Phi) is 4.68. The fourth-order valence-electron chi connectivity index (χ4n) is 2.48. The normalized spacial score (nSPS) is 10.7. The monoisotopic (exact) mass is 321 g/mol. The second-order valence-corrected chi connectivity index (χ2v) is 6.56. The maximum Gasteiger partial charge on any atom is 0.237 e. The topological polar surface area (TPSA) is 20.3 Å². The lowest BCUT2D eigenvalue weighted by atomic mass is 10.1. The van der Waals surface area contributed by atoms with Crippen LogP contribution in [-0.4, -0.2) is 18.7 Å². The summed E-state index contributed by atoms with van der Waals surface area (Å²) in [5.74, 6) is 0.544. The van der Waals surface area contributed by atoms with Gasteiger partial charge in [0.25, 0.3) is 0 Å². The van der Waals surface area contributed by atoms with Crippen LogP contribution in [0.5, 0.6) is 0 Å². The first-order valence-corrected chi connectivity index (χ1v) is 8.57. The van der Waals surface area contributed by atoms with Gasteiger partial charge in [0.1, 0.15) is 0 Å². The zero-order valence-electron chi connectivity index (χ0n) is 13.3. The van der Waals surface area contributed by atoms with Crippen LogP contribution in [0.1, 0.15) is 5.56 Å². The van der Waals surface area contributed by atoms with Gasteiger partial charge in [-0.05, 0) is 41.5 Å². The van der Waals surface area contributed by atoms with E-state index in [0.29, 0.717) is 5.75 Å². The van der Waals surface area contributed by atoms with Crippen molar-refractivity contribution in [3.05, 3.63) is 72.3 Å². The third-order valence-electron chi connectivity index (χ3n) is 3.94. The van der Waals surface area contributed by atoms with Gasteiger partial charge in [-0.25, -0.2) is 0 Å². The average molecular weight is 321 g/mol. The predicted octanol–water partition coefficient (Wildman–Crippen LogP) is 4.90. The fraction of sp³-hybridized carbons (Fsp3) is 0.150.